The highest BCUT2D eigenvalue weighted by Crippen LogP contribution is 2.42. The van der Waals surface area contributed by atoms with Gasteiger partial charge in [-0.25, -0.2) is 4.98 Å². The quantitative estimate of drug-likeness (QED) is 0.176. The Hall–Kier alpha value is -4.79. The summed E-state index contributed by atoms with van der Waals surface area (Å²) < 4.78 is 11.1. The van der Waals surface area contributed by atoms with Crippen molar-refractivity contribution in [2.75, 3.05) is 37.6 Å². The summed E-state index contributed by atoms with van der Waals surface area (Å²) in [5, 5.41) is 11.5. The number of Topliss-reactive ketones (excluding diaryl/α,β-unsaturated/α-hetero) is 1. The van der Waals surface area contributed by atoms with Crippen LogP contribution >= 0.6 is 0 Å². The summed E-state index contributed by atoms with van der Waals surface area (Å²) >= 11 is 0. The number of rotatable bonds is 8. The first-order valence-corrected chi connectivity index (χ1v) is 13.1. The molecular formula is C31H32N4O5. The molecule has 0 radical (unpaired) electrons. The van der Waals surface area contributed by atoms with E-state index in [0.717, 1.165) is 17.7 Å². The van der Waals surface area contributed by atoms with Gasteiger partial charge in [-0.1, -0.05) is 19.1 Å². The van der Waals surface area contributed by atoms with Gasteiger partial charge in [0.2, 0.25) is 5.95 Å². The van der Waals surface area contributed by atoms with Crippen molar-refractivity contribution in [3.05, 3.63) is 82.9 Å². The van der Waals surface area contributed by atoms with Crippen LogP contribution in [-0.4, -0.2) is 54.6 Å². The number of nitrogens with one attached hydrogen (secondary N) is 1. The van der Waals surface area contributed by atoms with Crippen LogP contribution in [-0.2, 0) is 9.59 Å². The van der Waals surface area contributed by atoms with Crippen LogP contribution in [0.5, 0.6) is 11.5 Å². The number of ether oxygens (including phenoxy) is 2. The number of amides is 1. The minimum Gasteiger partial charge on any atom is -0.507 e. The van der Waals surface area contributed by atoms with Gasteiger partial charge in [0.1, 0.15) is 17.3 Å². The highest BCUT2D eigenvalue weighted by Gasteiger charge is 2.48. The van der Waals surface area contributed by atoms with E-state index in [9.17, 15) is 14.7 Å². The van der Waals surface area contributed by atoms with E-state index in [-0.39, 0.29) is 17.3 Å². The Bertz CT molecular complexity index is 1620. The van der Waals surface area contributed by atoms with Gasteiger partial charge < -0.3 is 24.5 Å². The van der Waals surface area contributed by atoms with Crippen molar-refractivity contribution in [1.82, 2.24) is 9.97 Å². The number of carbonyl (C=O) groups is 2. The molecule has 1 aromatic heterocycles. The Balaban J connectivity index is 1.66. The summed E-state index contributed by atoms with van der Waals surface area (Å²) in [5.74, 6) is -0.305. The van der Waals surface area contributed by atoms with Crippen LogP contribution in [0, 0.1) is 6.92 Å². The molecule has 2 heterocycles. The predicted molar refractivity (Wildman–Crippen MR) is 155 cm³/mol. The number of aliphatic hydroxyl groups is 1. The number of ketones is 1. The Morgan fingerprint density at radius 1 is 1.07 bits per heavy atom. The van der Waals surface area contributed by atoms with Crippen molar-refractivity contribution in [2.24, 2.45) is 0 Å². The van der Waals surface area contributed by atoms with Gasteiger partial charge in [0.25, 0.3) is 5.78 Å². The number of nitrogens with zero attached hydrogens (tertiary/aromatic N) is 3. The number of methoxy groups -OCH3 is 1. The molecule has 0 spiro atoms. The van der Waals surface area contributed by atoms with Crippen LogP contribution in [0.3, 0.4) is 0 Å². The molecule has 0 aliphatic carbocycles. The first-order chi connectivity index (χ1) is 19.2. The minimum atomic E-state index is -0.907. The smallest absolute Gasteiger partial charge is 0.302 e. The number of hydrogen-bond donors (Lipinski definition) is 2. The number of aromatic nitrogens is 2. The number of H-pyrrole nitrogens is 1. The van der Waals surface area contributed by atoms with E-state index in [2.05, 4.69) is 9.97 Å². The van der Waals surface area contributed by atoms with E-state index in [1.807, 2.05) is 57.1 Å². The second-order valence-corrected chi connectivity index (χ2v) is 9.93. The third kappa shape index (κ3) is 4.75. The average molecular weight is 541 g/mol. The van der Waals surface area contributed by atoms with Gasteiger partial charge in [-0.05, 0) is 66.9 Å². The molecule has 1 aliphatic rings. The minimum absolute atomic E-state index is 0.0118. The lowest BCUT2D eigenvalue weighted by atomic mass is 9.94. The summed E-state index contributed by atoms with van der Waals surface area (Å²) in [6.45, 7) is 4.47. The Morgan fingerprint density at radius 2 is 1.82 bits per heavy atom. The SMILES string of the molecule is CCCOc1ccc(/C(O)=C2\C(=O)C(=O)N(c3nc4ccc(OC)cc4[nH]3)C2c2ccc(N(C)C)cc2)cc1C. The Kier molecular flexibility index (Phi) is 7.21. The van der Waals surface area contributed by atoms with Gasteiger partial charge in [0.15, 0.2) is 0 Å². The van der Waals surface area contributed by atoms with E-state index in [1.165, 1.54) is 4.90 Å². The van der Waals surface area contributed by atoms with Gasteiger partial charge in [-0.3, -0.25) is 14.5 Å². The molecule has 2 N–H and O–H groups in total. The highest BCUT2D eigenvalue weighted by molar-refractivity contribution is 6.51. The Labute approximate surface area is 232 Å². The number of aryl methyl sites for hydroxylation is 1. The molecule has 3 aromatic carbocycles. The van der Waals surface area contributed by atoms with Crippen molar-refractivity contribution in [2.45, 2.75) is 26.3 Å². The van der Waals surface area contributed by atoms with E-state index >= 15 is 0 Å². The summed E-state index contributed by atoms with van der Waals surface area (Å²) in [7, 11) is 5.43. The summed E-state index contributed by atoms with van der Waals surface area (Å²) in [6.07, 6.45) is 0.867. The molecule has 1 fully saturated rings. The first kappa shape index (κ1) is 26.8. The number of hydrogen-bond acceptors (Lipinski definition) is 7. The van der Waals surface area contributed by atoms with Gasteiger partial charge in [0.05, 0.1) is 36.4 Å². The fourth-order valence-electron chi connectivity index (χ4n) is 4.86. The zero-order valence-corrected chi connectivity index (χ0v) is 23.2. The molecule has 0 saturated carbocycles. The van der Waals surface area contributed by atoms with Gasteiger partial charge in [0, 0.05) is 31.4 Å². The van der Waals surface area contributed by atoms with Gasteiger partial charge in [-0.15, -0.1) is 0 Å². The van der Waals surface area contributed by atoms with Crippen molar-refractivity contribution in [1.29, 1.82) is 0 Å². The van der Waals surface area contributed by atoms with E-state index in [0.29, 0.717) is 40.3 Å². The molecule has 9 nitrogen and oxygen atoms in total. The third-order valence-corrected chi connectivity index (χ3v) is 6.98. The fourth-order valence-corrected chi connectivity index (χ4v) is 4.86. The van der Waals surface area contributed by atoms with Gasteiger partial charge in [-0.2, -0.15) is 0 Å². The first-order valence-electron chi connectivity index (χ1n) is 13.1. The molecule has 1 atom stereocenters. The molecule has 5 rings (SSSR count). The lowest BCUT2D eigenvalue weighted by Gasteiger charge is -2.24. The number of benzene rings is 3. The van der Waals surface area contributed by atoms with E-state index < -0.39 is 17.7 Å². The molecule has 4 aromatic rings. The lowest BCUT2D eigenvalue weighted by molar-refractivity contribution is -0.132. The number of aliphatic hydroxyl groups excluding tert-OH is 1. The molecule has 0 bridgehead atoms. The zero-order chi connectivity index (χ0) is 28.6. The van der Waals surface area contributed by atoms with Crippen LogP contribution in [0.15, 0.2) is 66.2 Å². The van der Waals surface area contributed by atoms with Gasteiger partial charge >= 0.3 is 5.91 Å². The Morgan fingerprint density at radius 3 is 2.48 bits per heavy atom. The predicted octanol–water partition coefficient (Wildman–Crippen LogP) is 5.36. The van der Waals surface area contributed by atoms with Crippen molar-refractivity contribution < 1.29 is 24.2 Å². The third-order valence-electron chi connectivity index (χ3n) is 6.98. The number of anilines is 2. The second kappa shape index (κ2) is 10.8. The topological polar surface area (TPSA) is 108 Å². The van der Waals surface area contributed by atoms with Crippen molar-refractivity contribution in [3.63, 3.8) is 0 Å². The number of carbonyl (C=O) groups excluding carboxylic acids is 2. The van der Waals surface area contributed by atoms with Crippen LogP contribution in [0.2, 0.25) is 0 Å². The highest BCUT2D eigenvalue weighted by atomic mass is 16.5. The maximum atomic E-state index is 13.6. The van der Waals surface area contributed by atoms with E-state index in [4.69, 9.17) is 9.47 Å². The molecule has 9 heteroatoms. The summed E-state index contributed by atoms with van der Waals surface area (Å²) in [6, 6.07) is 17.1. The van der Waals surface area contributed by atoms with Crippen molar-refractivity contribution >= 4 is 40.1 Å². The largest absolute Gasteiger partial charge is 0.507 e. The monoisotopic (exact) mass is 540 g/mol. The van der Waals surface area contributed by atoms with Crippen LogP contribution in [0.25, 0.3) is 16.8 Å². The molecule has 40 heavy (non-hydrogen) atoms. The molecule has 1 amide bonds. The number of aromatic amines is 1. The van der Waals surface area contributed by atoms with Crippen LogP contribution < -0.4 is 19.3 Å². The fraction of sp³-hybridized carbons (Fsp3) is 0.258. The molecule has 206 valence electrons. The number of fused-ring (bicyclic) bond motifs is 1. The summed E-state index contributed by atoms with van der Waals surface area (Å²) in [5.41, 5.74) is 4.09. The van der Waals surface area contributed by atoms with E-state index in [1.54, 1.807) is 43.5 Å². The average Bonchev–Trinajstić information content (AvgIpc) is 3.49. The maximum Gasteiger partial charge on any atom is 0.302 e. The molecular weight excluding hydrogens is 508 g/mol. The standard InChI is InChI=1S/C31H32N4O5/c1-6-15-40-25-14-9-20(16-18(25)2)28(36)26-27(19-7-10-21(11-8-19)34(3)4)35(30(38)29(26)37)31-32-23-13-12-22(39-5)17-24(23)33-31/h7-14,16-17,27,36H,6,15H2,1-5H3,(H,32,33)/b28-26+. The van der Waals surface area contributed by atoms with Crippen molar-refractivity contribution in [3.8, 4) is 11.5 Å². The zero-order valence-electron chi connectivity index (χ0n) is 23.2. The summed E-state index contributed by atoms with van der Waals surface area (Å²) in [4.78, 5) is 38.2. The number of imidazole rings is 1. The molecule has 1 unspecified atom stereocenters. The lowest BCUT2D eigenvalue weighted by Crippen LogP contribution is -2.30. The molecule has 1 aliphatic heterocycles. The van der Waals surface area contributed by atoms with Crippen LogP contribution in [0.1, 0.15) is 36.1 Å². The second-order valence-electron chi connectivity index (χ2n) is 9.93. The maximum absolute atomic E-state index is 13.6. The normalized spacial score (nSPS) is 16.5. The van der Waals surface area contributed by atoms with Crippen LogP contribution in [0.4, 0.5) is 11.6 Å². The molecule has 1 saturated heterocycles.